The van der Waals surface area contributed by atoms with E-state index >= 15 is 0 Å². The van der Waals surface area contributed by atoms with Crippen LogP contribution >= 0.6 is 0 Å². The van der Waals surface area contributed by atoms with Crippen molar-refractivity contribution in [3.8, 4) is 0 Å². The molecule has 3 rings (SSSR count). The first-order valence-electron chi connectivity index (χ1n) is 10.2. The smallest absolute Gasteiger partial charge is 0.338 e. The Morgan fingerprint density at radius 1 is 1.03 bits per heavy atom. The van der Waals surface area contributed by atoms with Gasteiger partial charge in [-0.2, -0.15) is 4.31 Å². The molecule has 1 saturated heterocycles. The highest BCUT2D eigenvalue weighted by Crippen LogP contribution is 2.24. The van der Waals surface area contributed by atoms with Crippen molar-refractivity contribution in [2.45, 2.75) is 44.1 Å². The van der Waals surface area contributed by atoms with Gasteiger partial charge >= 0.3 is 5.97 Å². The highest BCUT2D eigenvalue weighted by Gasteiger charge is 2.30. The number of anilines is 1. The molecule has 0 aliphatic carbocycles. The third-order valence-corrected chi connectivity index (χ3v) is 7.11. The van der Waals surface area contributed by atoms with Gasteiger partial charge < -0.3 is 10.1 Å². The Kier molecular flexibility index (Phi) is 7.25. The molecule has 172 valence electrons. The minimum atomic E-state index is -4.11. The maximum atomic E-state index is 14.3. The van der Waals surface area contributed by atoms with E-state index in [1.54, 1.807) is 6.92 Å². The molecular formula is C22H24F2N2O5S. The summed E-state index contributed by atoms with van der Waals surface area (Å²) in [5, 5.41) is 2.44. The minimum Gasteiger partial charge on any atom is -0.449 e. The molecular weight excluding hydrogens is 442 g/mol. The maximum absolute atomic E-state index is 14.3. The van der Waals surface area contributed by atoms with E-state index < -0.39 is 44.5 Å². The van der Waals surface area contributed by atoms with E-state index in [1.165, 1.54) is 23.4 Å². The fourth-order valence-electron chi connectivity index (χ4n) is 3.27. The van der Waals surface area contributed by atoms with Crippen LogP contribution in [0.25, 0.3) is 0 Å². The Labute approximate surface area is 185 Å². The minimum absolute atomic E-state index is 0.192. The van der Waals surface area contributed by atoms with Gasteiger partial charge in [0, 0.05) is 18.8 Å². The number of amides is 1. The molecule has 1 heterocycles. The average Bonchev–Trinajstić information content (AvgIpc) is 2.77. The first-order valence-corrected chi connectivity index (χ1v) is 11.6. The number of halogens is 2. The largest absolute Gasteiger partial charge is 0.449 e. The monoisotopic (exact) mass is 466 g/mol. The standard InChI is InChI=1S/C22H24F2N2O5S/c1-14-6-8-17(13-19(14)24)25-21(27)15(2)31-22(28)16-7-9-18(23)20(12-16)32(29,30)26-10-4-3-5-11-26/h6-9,12-13,15H,3-5,10-11H2,1-2H3,(H,25,27). The summed E-state index contributed by atoms with van der Waals surface area (Å²) >= 11 is 0. The van der Waals surface area contributed by atoms with Crippen LogP contribution in [-0.2, 0) is 19.6 Å². The highest BCUT2D eigenvalue weighted by molar-refractivity contribution is 7.89. The van der Waals surface area contributed by atoms with Crippen molar-refractivity contribution in [1.29, 1.82) is 0 Å². The lowest BCUT2D eigenvalue weighted by Crippen LogP contribution is -2.36. The summed E-state index contributed by atoms with van der Waals surface area (Å²) in [6.45, 7) is 3.46. The zero-order valence-corrected chi connectivity index (χ0v) is 18.5. The second kappa shape index (κ2) is 9.74. The number of nitrogens with one attached hydrogen (secondary N) is 1. The van der Waals surface area contributed by atoms with Crippen LogP contribution in [0.15, 0.2) is 41.3 Å². The van der Waals surface area contributed by atoms with E-state index in [2.05, 4.69) is 5.32 Å². The number of hydrogen-bond acceptors (Lipinski definition) is 5. The normalized spacial score (nSPS) is 15.8. The SMILES string of the molecule is Cc1ccc(NC(=O)C(C)OC(=O)c2ccc(F)c(S(=O)(=O)N3CCCCC3)c2)cc1F. The Bertz CT molecular complexity index is 1130. The number of nitrogens with zero attached hydrogens (tertiary/aromatic N) is 1. The van der Waals surface area contributed by atoms with Crippen molar-refractivity contribution >= 4 is 27.6 Å². The number of benzene rings is 2. The molecule has 1 N–H and O–H groups in total. The molecule has 1 atom stereocenters. The van der Waals surface area contributed by atoms with E-state index in [0.29, 0.717) is 18.4 Å². The van der Waals surface area contributed by atoms with Crippen molar-refractivity contribution in [3.05, 3.63) is 59.2 Å². The van der Waals surface area contributed by atoms with Crippen LogP contribution in [0.4, 0.5) is 14.5 Å². The van der Waals surface area contributed by atoms with Gasteiger partial charge in [0.15, 0.2) is 6.10 Å². The summed E-state index contributed by atoms with van der Waals surface area (Å²) in [6, 6.07) is 7.02. The van der Waals surface area contributed by atoms with Crippen LogP contribution in [0.2, 0.25) is 0 Å². The van der Waals surface area contributed by atoms with Gasteiger partial charge in [-0.1, -0.05) is 12.5 Å². The Morgan fingerprint density at radius 3 is 2.38 bits per heavy atom. The Balaban J connectivity index is 1.72. The van der Waals surface area contributed by atoms with Crippen LogP contribution < -0.4 is 5.32 Å². The lowest BCUT2D eigenvalue weighted by atomic mass is 10.2. The van der Waals surface area contributed by atoms with Gasteiger partial charge in [-0.05, 0) is 62.6 Å². The zero-order chi connectivity index (χ0) is 23.5. The summed E-state index contributed by atoms with van der Waals surface area (Å²) in [5.41, 5.74) is 0.398. The van der Waals surface area contributed by atoms with Gasteiger partial charge in [-0.15, -0.1) is 0 Å². The second-order valence-electron chi connectivity index (χ2n) is 7.61. The fourth-order valence-corrected chi connectivity index (χ4v) is 4.88. The molecule has 1 aliphatic rings. The van der Waals surface area contributed by atoms with Crippen LogP contribution in [0.5, 0.6) is 0 Å². The van der Waals surface area contributed by atoms with Gasteiger partial charge in [-0.3, -0.25) is 4.79 Å². The van der Waals surface area contributed by atoms with E-state index in [0.717, 1.165) is 30.7 Å². The van der Waals surface area contributed by atoms with Crippen molar-refractivity contribution in [1.82, 2.24) is 4.31 Å². The summed E-state index contributed by atoms with van der Waals surface area (Å²) in [6.07, 6.45) is 0.995. The maximum Gasteiger partial charge on any atom is 0.338 e. The van der Waals surface area contributed by atoms with Gasteiger partial charge in [0.2, 0.25) is 10.0 Å². The molecule has 2 aromatic carbocycles. The summed E-state index contributed by atoms with van der Waals surface area (Å²) < 4.78 is 59.9. The van der Waals surface area contributed by atoms with E-state index in [-0.39, 0.29) is 24.3 Å². The van der Waals surface area contributed by atoms with Gasteiger partial charge in [0.1, 0.15) is 16.5 Å². The molecule has 1 amide bonds. The number of esters is 1. The van der Waals surface area contributed by atoms with Crippen LogP contribution in [0.1, 0.15) is 42.1 Å². The van der Waals surface area contributed by atoms with E-state index in [4.69, 9.17) is 4.74 Å². The van der Waals surface area contributed by atoms with Crippen molar-refractivity contribution in [2.24, 2.45) is 0 Å². The first-order chi connectivity index (χ1) is 15.1. The summed E-state index contributed by atoms with van der Waals surface area (Å²) in [4.78, 5) is 24.2. The number of carbonyl (C=O) groups excluding carboxylic acids is 2. The predicted molar refractivity (Wildman–Crippen MR) is 114 cm³/mol. The van der Waals surface area contributed by atoms with Crippen molar-refractivity contribution < 1.29 is 31.5 Å². The third-order valence-electron chi connectivity index (χ3n) is 5.19. The van der Waals surface area contributed by atoms with Gasteiger partial charge in [-0.25, -0.2) is 22.0 Å². The van der Waals surface area contributed by atoms with Crippen LogP contribution in [-0.4, -0.2) is 43.8 Å². The van der Waals surface area contributed by atoms with E-state index in [9.17, 15) is 26.8 Å². The van der Waals surface area contributed by atoms with Crippen molar-refractivity contribution in [2.75, 3.05) is 18.4 Å². The third kappa shape index (κ3) is 5.31. The quantitative estimate of drug-likeness (QED) is 0.657. The average molecular weight is 467 g/mol. The second-order valence-corrected chi connectivity index (χ2v) is 9.52. The molecule has 1 aliphatic heterocycles. The molecule has 0 bridgehead atoms. The zero-order valence-electron chi connectivity index (χ0n) is 17.7. The number of sulfonamides is 1. The molecule has 0 saturated carbocycles. The number of rotatable bonds is 6. The molecule has 0 spiro atoms. The molecule has 0 aromatic heterocycles. The molecule has 32 heavy (non-hydrogen) atoms. The molecule has 1 unspecified atom stereocenters. The van der Waals surface area contributed by atoms with Gasteiger partial charge in [0.05, 0.1) is 5.56 Å². The summed E-state index contributed by atoms with van der Waals surface area (Å²) in [7, 11) is -4.11. The van der Waals surface area contributed by atoms with E-state index in [1.807, 2.05) is 0 Å². The fraction of sp³-hybridized carbons (Fsp3) is 0.364. The van der Waals surface area contributed by atoms with Gasteiger partial charge in [0.25, 0.3) is 5.91 Å². The molecule has 0 radical (unpaired) electrons. The van der Waals surface area contributed by atoms with Crippen molar-refractivity contribution in [3.63, 3.8) is 0 Å². The Morgan fingerprint density at radius 2 is 1.72 bits per heavy atom. The summed E-state index contributed by atoms with van der Waals surface area (Å²) in [5.74, 6) is -3.16. The van der Waals surface area contributed by atoms with Crippen LogP contribution in [0, 0.1) is 18.6 Å². The highest BCUT2D eigenvalue weighted by atomic mass is 32.2. The number of aryl methyl sites for hydroxylation is 1. The lowest BCUT2D eigenvalue weighted by molar-refractivity contribution is -0.123. The van der Waals surface area contributed by atoms with Crippen LogP contribution in [0.3, 0.4) is 0 Å². The topological polar surface area (TPSA) is 92.8 Å². The number of hydrogen-bond donors (Lipinski definition) is 1. The number of carbonyl (C=O) groups is 2. The Hall–Kier alpha value is -2.85. The first kappa shape index (κ1) is 23.8. The molecule has 10 heteroatoms. The number of piperidine rings is 1. The molecule has 1 fully saturated rings. The number of ether oxygens (including phenoxy) is 1. The molecule has 7 nitrogen and oxygen atoms in total. The lowest BCUT2D eigenvalue weighted by Gasteiger charge is -2.26. The molecule has 2 aromatic rings. The predicted octanol–water partition coefficient (Wildman–Crippen LogP) is 3.63.